The number of aliphatic carboxylic acids is 1. The summed E-state index contributed by atoms with van der Waals surface area (Å²) >= 11 is 0. The summed E-state index contributed by atoms with van der Waals surface area (Å²) in [6, 6.07) is 7.13. The zero-order valence-electron chi connectivity index (χ0n) is 13.0. The Hall–Kier alpha value is -1.76. The van der Waals surface area contributed by atoms with Gasteiger partial charge in [-0.15, -0.1) is 0 Å². The summed E-state index contributed by atoms with van der Waals surface area (Å²) in [7, 11) is 0. The van der Waals surface area contributed by atoms with E-state index in [2.05, 4.69) is 0 Å². The van der Waals surface area contributed by atoms with E-state index in [9.17, 15) is 18.0 Å². The summed E-state index contributed by atoms with van der Waals surface area (Å²) < 4.78 is 44.7. The predicted octanol–water partition coefficient (Wildman–Crippen LogP) is 3.17. The number of hydrogen-bond acceptors (Lipinski definition) is 3. The number of carbonyl (C=O) groups is 1. The fourth-order valence-corrected chi connectivity index (χ4v) is 2.84. The molecule has 0 aromatic heterocycles. The second-order valence-electron chi connectivity index (χ2n) is 6.06. The number of carboxylic acids is 1. The van der Waals surface area contributed by atoms with E-state index in [1.54, 1.807) is 24.3 Å². The van der Waals surface area contributed by atoms with Crippen LogP contribution in [0.15, 0.2) is 24.3 Å². The maximum atomic E-state index is 13.0. The van der Waals surface area contributed by atoms with Crippen LogP contribution in [-0.4, -0.2) is 41.3 Å². The zero-order chi connectivity index (χ0) is 17.2. The molecule has 0 unspecified atom stereocenters. The average molecular weight is 331 g/mol. The highest BCUT2D eigenvalue weighted by Gasteiger charge is 2.52. The van der Waals surface area contributed by atoms with E-state index in [4.69, 9.17) is 9.84 Å². The van der Waals surface area contributed by atoms with Crippen LogP contribution in [0.25, 0.3) is 0 Å². The lowest BCUT2D eigenvalue weighted by atomic mass is 9.96. The number of nitrogens with zero attached hydrogens (tertiary/aromatic N) is 1. The normalized spacial score (nSPS) is 22.5. The van der Waals surface area contributed by atoms with Gasteiger partial charge in [-0.1, -0.05) is 18.2 Å². The van der Waals surface area contributed by atoms with Gasteiger partial charge in [0.25, 0.3) is 0 Å². The molecule has 4 nitrogen and oxygen atoms in total. The number of carboxylic acid groups (broad SMARTS) is 1. The molecular formula is C16H20F3NO3. The largest absolute Gasteiger partial charge is 0.491 e. The molecule has 1 aliphatic rings. The zero-order valence-corrected chi connectivity index (χ0v) is 13.0. The Morgan fingerprint density at radius 1 is 1.35 bits per heavy atom. The third-order valence-corrected chi connectivity index (χ3v) is 3.86. The maximum absolute atomic E-state index is 13.0. The molecule has 0 aliphatic carbocycles. The summed E-state index contributed by atoms with van der Waals surface area (Å²) in [6.45, 7) is 3.55. The van der Waals surface area contributed by atoms with Gasteiger partial charge in [-0.3, -0.25) is 9.69 Å². The number of rotatable bonds is 5. The molecule has 0 amide bonds. The number of para-hydroxylation sites is 1. The Bertz CT molecular complexity index is 560. The number of benzene rings is 1. The van der Waals surface area contributed by atoms with Gasteiger partial charge in [0, 0.05) is 25.2 Å². The molecule has 1 saturated heterocycles. The smallest absolute Gasteiger partial charge is 0.393 e. The van der Waals surface area contributed by atoms with Crippen molar-refractivity contribution in [3.8, 4) is 5.75 Å². The van der Waals surface area contributed by atoms with E-state index in [0.717, 1.165) is 5.56 Å². The molecule has 1 heterocycles. The van der Waals surface area contributed by atoms with Crippen LogP contribution in [0.2, 0.25) is 0 Å². The highest BCUT2D eigenvalue weighted by molar-refractivity contribution is 5.71. The lowest BCUT2D eigenvalue weighted by molar-refractivity contribution is -0.188. The van der Waals surface area contributed by atoms with Gasteiger partial charge in [0.1, 0.15) is 5.75 Å². The Morgan fingerprint density at radius 3 is 2.52 bits per heavy atom. The molecule has 128 valence electrons. The van der Waals surface area contributed by atoms with Crippen molar-refractivity contribution in [3.63, 3.8) is 0 Å². The minimum Gasteiger partial charge on any atom is -0.491 e. The van der Waals surface area contributed by atoms with E-state index in [0.29, 0.717) is 5.75 Å². The molecule has 1 fully saturated rings. The fourth-order valence-electron chi connectivity index (χ4n) is 2.84. The summed E-state index contributed by atoms with van der Waals surface area (Å²) in [5, 5.41) is 9.05. The van der Waals surface area contributed by atoms with E-state index in [-0.39, 0.29) is 25.7 Å². The second-order valence-corrected chi connectivity index (χ2v) is 6.06. The molecule has 1 aromatic carbocycles. The molecule has 0 radical (unpaired) electrons. The summed E-state index contributed by atoms with van der Waals surface area (Å²) in [5.41, 5.74) is 0.758. The molecule has 1 aromatic rings. The van der Waals surface area contributed by atoms with Crippen LogP contribution < -0.4 is 4.74 Å². The highest BCUT2D eigenvalue weighted by Crippen LogP contribution is 2.38. The van der Waals surface area contributed by atoms with Crippen molar-refractivity contribution >= 4 is 5.97 Å². The SMILES string of the molecule is CC(C)Oc1ccccc1CN1C[C@@H](C(F)(F)F)[C@H](C(=O)O)C1. The van der Waals surface area contributed by atoms with Crippen LogP contribution in [0, 0.1) is 11.8 Å². The van der Waals surface area contributed by atoms with Crippen LogP contribution in [0.4, 0.5) is 13.2 Å². The number of ether oxygens (including phenoxy) is 1. The van der Waals surface area contributed by atoms with Crippen molar-refractivity contribution in [3.05, 3.63) is 29.8 Å². The quantitative estimate of drug-likeness (QED) is 0.900. The van der Waals surface area contributed by atoms with Gasteiger partial charge >= 0.3 is 12.1 Å². The van der Waals surface area contributed by atoms with E-state index in [1.807, 2.05) is 13.8 Å². The van der Waals surface area contributed by atoms with Gasteiger partial charge in [0.15, 0.2) is 0 Å². The van der Waals surface area contributed by atoms with Gasteiger partial charge in [0.2, 0.25) is 0 Å². The molecule has 2 rings (SSSR count). The highest BCUT2D eigenvalue weighted by atomic mass is 19.4. The minimum absolute atomic E-state index is 0.0515. The first kappa shape index (κ1) is 17.6. The molecule has 0 bridgehead atoms. The number of halogens is 3. The molecular weight excluding hydrogens is 311 g/mol. The number of likely N-dealkylation sites (tertiary alicyclic amines) is 1. The summed E-state index contributed by atoms with van der Waals surface area (Å²) in [4.78, 5) is 12.6. The molecule has 2 atom stereocenters. The van der Waals surface area contributed by atoms with Crippen molar-refractivity contribution in [2.45, 2.75) is 32.7 Å². The molecule has 23 heavy (non-hydrogen) atoms. The topological polar surface area (TPSA) is 49.8 Å². The molecule has 1 N–H and O–H groups in total. The average Bonchev–Trinajstić information content (AvgIpc) is 2.84. The Labute approximate surface area is 132 Å². The summed E-state index contributed by atoms with van der Waals surface area (Å²) in [6.07, 6.45) is -4.56. The van der Waals surface area contributed by atoms with Crippen molar-refractivity contribution < 1.29 is 27.8 Å². The monoisotopic (exact) mass is 331 g/mol. The maximum Gasteiger partial charge on any atom is 0.393 e. The molecule has 7 heteroatoms. The minimum atomic E-state index is -4.51. The van der Waals surface area contributed by atoms with Crippen LogP contribution in [0.1, 0.15) is 19.4 Å². The lowest BCUT2D eigenvalue weighted by Crippen LogP contribution is -2.33. The summed E-state index contributed by atoms with van der Waals surface area (Å²) in [5.74, 6) is -4.04. The Balaban J connectivity index is 2.14. The van der Waals surface area contributed by atoms with Gasteiger partial charge in [-0.25, -0.2) is 0 Å². The second kappa shape index (κ2) is 6.78. The van der Waals surface area contributed by atoms with Crippen LogP contribution in [0.5, 0.6) is 5.75 Å². The van der Waals surface area contributed by atoms with Gasteiger partial charge in [0.05, 0.1) is 17.9 Å². The molecule has 0 saturated carbocycles. The molecule has 0 spiro atoms. The first-order valence-corrected chi connectivity index (χ1v) is 7.45. The first-order chi connectivity index (χ1) is 10.7. The van der Waals surface area contributed by atoms with E-state index < -0.39 is 24.0 Å². The third kappa shape index (κ3) is 4.37. The van der Waals surface area contributed by atoms with Gasteiger partial charge < -0.3 is 9.84 Å². The van der Waals surface area contributed by atoms with Crippen molar-refractivity contribution in [2.24, 2.45) is 11.8 Å². The predicted molar refractivity (Wildman–Crippen MR) is 78.2 cm³/mol. The van der Waals surface area contributed by atoms with Crippen LogP contribution in [0.3, 0.4) is 0 Å². The van der Waals surface area contributed by atoms with Crippen molar-refractivity contribution in [1.82, 2.24) is 4.90 Å². The fraction of sp³-hybridized carbons (Fsp3) is 0.562. The van der Waals surface area contributed by atoms with Crippen LogP contribution in [-0.2, 0) is 11.3 Å². The van der Waals surface area contributed by atoms with Crippen molar-refractivity contribution in [2.75, 3.05) is 13.1 Å². The lowest BCUT2D eigenvalue weighted by Gasteiger charge is -2.20. The first-order valence-electron chi connectivity index (χ1n) is 7.45. The Kier molecular flexibility index (Phi) is 5.19. The third-order valence-electron chi connectivity index (χ3n) is 3.86. The number of alkyl halides is 3. The van der Waals surface area contributed by atoms with Gasteiger partial charge in [-0.05, 0) is 19.9 Å². The van der Waals surface area contributed by atoms with E-state index >= 15 is 0 Å². The van der Waals surface area contributed by atoms with Gasteiger partial charge in [-0.2, -0.15) is 13.2 Å². The standard InChI is InChI=1S/C16H20F3NO3/c1-10(2)23-14-6-4-3-5-11(14)7-20-8-12(15(21)22)13(9-20)16(17,18)19/h3-6,10,12-13H,7-9H2,1-2H3,(H,21,22)/t12-,13-/m1/s1. The van der Waals surface area contributed by atoms with E-state index in [1.165, 1.54) is 4.90 Å². The molecule has 1 aliphatic heterocycles. The van der Waals surface area contributed by atoms with Crippen molar-refractivity contribution in [1.29, 1.82) is 0 Å². The number of hydrogen-bond donors (Lipinski definition) is 1. The Morgan fingerprint density at radius 2 is 2.00 bits per heavy atom. The van der Waals surface area contributed by atoms with Crippen LogP contribution >= 0.6 is 0 Å².